The van der Waals surface area contributed by atoms with E-state index in [4.69, 9.17) is 9.47 Å². The molecule has 3 rings (SSSR count). The summed E-state index contributed by atoms with van der Waals surface area (Å²) in [5.41, 5.74) is -4.05. The molecule has 0 atom stereocenters. The first-order chi connectivity index (χ1) is 15.6. The van der Waals surface area contributed by atoms with E-state index in [9.17, 15) is 31.1 Å². The van der Waals surface area contributed by atoms with E-state index in [0.29, 0.717) is 11.6 Å². The smallest absolute Gasteiger partial charge is 0.432 e. The number of hydrogen-bond acceptors (Lipinski definition) is 5. The number of benzene rings is 2. The van der Waals surface area contributed by atoms with Gasteiger partial charge < -0.3 is 14.4 Å². The van der Waals surface area contributed by atoms with Gasteiger partial charge in [-0.2, -0.15) is 36.5 Å². The van der Waals surface area contributed by atoms with E-state index < -0.39 is 53.3 Å². The number of amides is 1. The zero-order valence-corrected chi connectivity index (χ0v) is 18.4. The zero-order chi connectivity index (χ0) is 25.3. The quantitative estimate of drug-likeness (QED) is 0.476. The summed E-state index contributed by atoms with van der Waals surface area (Å²) in [6.45, 7) is 3.99. The van der Waals surface area contributed by atoms with Crippen LogP contribution in [0.4, 0.5) is 36.8 Å². The molecule has 2 aromatic rings. The van der Waals surface area contributed by atoms with E-state index >= 15 is 0 Å². The molecule has 0 saturated carbocycles. The van der Waals surface area contributed by atoms with Crippen molar-refractivity contribution in [3.8, 4) is 5.75 Å². The summed E-state index contributed by atoms with van der Waals surface area (Å²) in [4.78, 5) is 13.2. The van der Waals surface area contributed by atoms with E-state index in [-0.39, 0.29) is 12.7 Å². The van der Waals surface area contributed by atoms with Gasteiger partial charge in [-0.25, -0.2) is 4.79 Å². The Morgan fingerprint density at radius 3 is 2.21 bits per heavy atom. The first kappa shape index (κ1) is 25.2. The Labute approximate surface area is 191 Å². The van der Waals surface area contributed by atoms with Crippen molar-refractivity contribution in [2.75, 3.05) is 11.6 Å². The van der Waals surface area contributed by atoms with E-state index in [0.717, 1.165) is 16.2 Å². The molecule has 1 amide bonds. The molecule has 184 valence electrons. The second-order valence-electron chi connectivity index (χ2n) is 8.36. The lowest BCUT2D eigenvalue weighted by molar-refractivity contribution is -0.143. The Hall–Kier alpha value is -3.44. The maximum Gasteiger partial charge on any atom is 0.432 e. The fourth-order valence-electron chi connectivity index (χ4n) is 2.98. The Kier molecular flexibility index (Phi) is 6.72. The highest BCUT2D eigenvalue weighted by molar-refractivity contribution is 5.87. The van der Waals surface area contributed by atoms with Crippen LogP contribution in [0.5, 0.6) is 5.75 Å². The van der Waals surface area contributed by atoms with E-state index in [2.05, 4.69) is 5.10 Å². The molecule has 6 nitrogen and oxygen atoms in total. The minimum atomic E-state index is -5.15. The summed E-state index contributed by atoms with van der Waals surface area (Å²) in [5, 5.41) is 4.54. The van der Waals surface area contributed by atoms with E-state index in [1.54, 1.807) is 51.1 Å². The molecule has 2 aromatic carbocycles. The number of nitrogens with zero attached hydrogens (tertiary/aromatic N) is 3. The monoisotopic (exact) mass is 489 g/mol. The predicted molar refractivity (Wildman–Crippen MR) is 111 cm³/mol. The van der Waals surface area contributed by atoms with Gasteiger partial charge >= 0.3 is 18.4 Å². The standard InChI is InChI=1S/C22H21F6N3O3/c1-20(2,3)34-19(32)31-13-30(12-29-31)17-10-15(21(23,24)25)9-16(22(26,27)28)18(17)33-11-14-7-5-4-6-8-14/h4-10,12H,11,13H2,1-3H3. The highest BCUT2D eigenvalue weighted by Crippen LogP contribution is 2.46. The van der Waals surface area contributed by atoms with Crippen LogP contribution in [-0.2, 0) is 23.7 Å². The largest absolute Gasteiger partial charge is 0.486 e. The summed E-state index contributed by atoms with van der Waals surface area (Å²) < 4.78 is 92.4. The minimum absolute atomic E-state index is 0.00266. The first-order valence-corrected chi connectivity index (χ1v) is 9.95. The maximum absolute atomic E-state index is 13.8. The lowest BCUT2D eigenvalue weighted by atomic mass is 10.1. The van der Waals surface area contributed by atoms with Crippen LogP contribution in [0.1, 0.15) is 37.5 Å². The Balaban J connectivity index is 2.03. The first-order valence-electron chi connectivity index (χ1n) is 9.95. The van der Waals surface area contributed by atoms with Crippen molar-refractivity contribution < 1.29 is 40.6 Å². The van der Waals surface area contributed by atoms with E-state index in [1.807, 2.05) is 0 Å². The average molecular weight is 489 g/mol. The molecule has 0 aliphatic carbocycles. The number of carbonyl (C=O) groups is 1. The Morgan fingerprint density at radius 2 is 1.65 bits per heavy atom. The zero-order valence-electron chi connectivity index (χ0n) is 18.4. The second-order valence-corrected chi connectivity index (χ2v) is 8.36. The van der Waals surface area contributed by atoms with Crippen molar-refractivity contribution in [1.82, 2.24) is 5.01 Å². The maximum atomic E-state index is 13.8. The second kappa shape index (κ2) is 9.07. The highest BCUT2D eigenvalue weighted by Gasteiger charge is 2.42. The summed E-state index contributed by atoms with van der Waals surface area (Å²) in [5.74, 6) is -0.818. The van der Waals surface area contributed by atoms with Gasteiger partial charge in [0, 0.05) is 0 Å². The number of hydrogen-bond donors (Lipinski definition) is 0. The number of carbonyl (C=O) groups excluding carboxylic acids is 1. The highest BCUT2D eigenvalue weighted by atomic mass is 19.4. The van der Waals surface area contributed by atoms with Gasteiger partial charge in [0.15, 0.2) is 5.75 Å². The molecule has 0 saturated heterocycles. The van der Waals surface area contributed by atoms with Gasteiger partial charge in [0.05, 0.1) is 11.3 Å². The molecule has 1 aliphatic rings. The number of hydrazone groups is 1. The summed E-state index contributed by atoms with van der Waals surface area (Å²) in [6, 6.07) is 8.70. The van der Waals surface area contributed by atoms with Crippen LogP contribution in [0, 0.1) is 0 Å². The molecular formula is C22H21F6N3O3. The molecule has 0 fully saturated rings. The third kappa shape index (κ3) is 6.12. The molecule has 0 aromatic heterocycles. The molecular weight excluding hydrogens is 468 g/mol. The molecule has 1 heterocycles. The summed E-state index contributed by atoms with van der Waals surface area (Å²) >= 11 is 0. The van der Waals surface area contributed by atoms with Crippen LogP contribution in [0.3, 0.4) is 0 Å². The van der Waals surface area contributed by atoms with Gasteiger partial charge in [-0.15, -0.1) is 0 Å². The molecule has 0 N–H and O–H groups in total. The molecule has 0 bridgehead atoms. The number of alkyl halides is 6. The normalized spacial score (nSPS) is 14.5. The van der Waals surface area contributed by atoms with Crippen molar-refractivity contribution >= 4 is 18.1 Å². The van der Waals surface area contributed by atoms with Gasteiger partial charge in [0.2, 0.25) is 0 Å². The van der Waals surface area contributed by atoms with E-state index in [1.165, 1.54) is 0 Å². The van der Waals surface area contributed by atoms with Crippen LogP contribution in [0.15, 0.2) is 47.6 Å². The molecule has 0 radical (unpaired) electrons. The van der Waals surface area contributed by atoms with Gasteiger partial charge in [-0.3, -0.25) is 0 Å². The van der Waals surface area contributed by atoms with Gasteiger partial charge in [0.1, 0.15) is 30.8 Å². The Bertz CT molecular complexity index is 1060. The number of halogens is 6. The topological polar surface area (TPSA) is 54.4 Å². The fourth-order valence-corrected chi connectivity index (χ4v) is 2.98. The van der Waals surface area contributed by atoms with Crippen LogP contribution in [-0.4, -0.2) is 29.7 Å². The average Bonchev–Trinajstić information content (AvgIpc) is 3.20. The van der Waals surface area contributed by atoms with Crippen LogP contribution >= 0.6 is 0 Å². The summed E-state index contributed by atoms with van der Waals surface area (Å²) in [6.07, 6.45) is -10.2. The SMILES string of the molecule is CC(C)(C)OC(=O)N1CN(c2cc(C(F)(F)F)cc(C(F)(F)F)c2OCc2ccccc2)C=N1. The van der Waals surface area contributed by atoms with Crippen molar-refractivity contribution in [2.24, 2.45) is 5.10 Å². The van der Waals surface area contributed by atoms with Gasteiger partial charge in [-0.05, 0) is 38.5 Å². The van der Waals surface area contributed by atoms with Crippen LogP contribution in [0.2, 0.25) is 0 Å². The van der Waals surface area contributed by atoms with Gasteiger partial charge in [-0.1, -0.05) is 30.3 Å². The molecule has 0 unspecified atom stereocenters. The molecule has 0 spiro atoms. The van der Waals surface area contributed by atoms with Crippen molar-refractivity contribution in [2.45, 2.75) is 45.3 Å². The van der Waals surface area contributed by atoms with Crippen molar-refractivity contribution in [3.63, 3.8) is 0 Å². The van der Waals surface area contributed by atoms with Crippen LogP contribution in [0.25, 0.3) is 0 Å². The summed E-state index contributed by atoms with van der Waals surface area (Å²) in [7, 11) is 0. The third-order valence-electron chi connectivity index (χ3n) is 4.46. The van der Waals surface area contributed by atoms with Crippen molar-refractivity contribution in [1.29, 1.82) is 0 Å². The third-order valence-corrected chi connectivity index (χ3v) is 4.46. The van der Waals surface area contributed by atoms with Gasteiger partial charge in [0.25, 0.3) is 0 Å². The van der Waals surface area contributed by atoms with Crippen LogP contribution < -0.4 is 9.64 Å². The molecule has 34 heavy (non-hydrogen) atoms. The number of ether oxygens (including phenoxy) is 2. The molecule has 12 heteroatoms. The molecule has 1 aliphatic heterocycles. The fraction of sp³-hybridized carbons (Fsp3) is 0.364. The lowest BCUT2D eigenvalue weighted by Gasteiger charge is -2.26. The predicted octanol–water partition coefficient (Wildman–Crippen LogP) is 6.26. The number of anilines is 1. The lowest BCUT2D eigenvalue weighted by Crippen LogP contribution is -2.36. The van der Waals surface area contributed by atoms with Crippen molar-refractivity contribution in [3.05, 3.63) is 59.2 Å². The minimum Gasteiger partial charge on any atom is -0.486 e. The number of rotatable bonds is 4. The Morgan fingerprint density at radius 1 is 1.00 bits per heavy atom.